The fourth-order valence-corrected chi connectivity index (χ4v) is 2.78. The predicted octanol–water partition coefficient (Wildman–Crippen LogP) is 3.97. The molecule has 0 fully saturated rings. The first-order valence-electron chi connectivity index (χ1n) is 6.58. The van der Waals surface area contributed by atoms with Gasteiger partial charge in [0.15, 0.2) is 0 Å². The summed E-state index contributed by atoms with van der Waals surface area (Å²) in [5.41, 5.74) is 0. The van der Waals surface area contributed by atoms with Crippen molar-refractivity contribution in [2.24, 2.45) is 0 Å². The van der Waals surface area contributed by atoms with Crippen molar-refractivity contribution in [3.8, 4) is 11.5 Å². The highest BCUT2D eigenvalue weighted by atomic mass is 35.5. The van der Waals surface area contributed by atoms with Crippen molar-refractivity contribution in [1.29, 1.82) is 0 Å². The van der Waals surface area contributed by atoms with Gasteiger partial charge in [0.1, 0.15) is 18.1 Å². The van der Waals surface area contributed by atoms with Gasteiger partial charge in [-0.1, -0.05) is 17.7 Å². The lowest BCUT2D eigenvalue weighted by molar-refractivity contribution is 0.306. The third-order valence-corrected chi connectivity index (χ3v) is 3.82. The fourth-order valence-electron chi connectivity index (χ4n) is 1.72. The van der Waals surface area contributed by atoms with E-state index in [0.29, 0.717) is 13.2 Å². The maximum Gasteiger partial charge on any atom is 0.123 e. The van der Waals surface area contributed by atoms with Gasteiger partial charge < -0.3 is 14.8 Å². The molecule has 0 atom stereocenters. The molecule has 0 bridgehead atoms. The van der Waals surface area contributed by atoms with Crippen molar-refractivity contribution >= 4 is 22.9 Å². The monoisotopic (exact) mass is 311 g/mol. The average Bonchev–Trinajstić information content (AvgIpc) is 2.85. The Bertz CT molecular complexity index is 530. The quantitative estimate of drug-likeness (QED) is 0.748. The molecule has 0 radical (unpaired) electrons. The first kappa shape index (κ1) is 15.2. The first-order chi connectivity index (χ1) is 9.78. The molecule has 0 aliphatic rings. The number of nitrogens with one attached hydrogen (secondary N) is 1. The second kappa shape index (κ2) is 8.15. The highest BCUT2D eigenvalue weighted by Gasteiger charge is 1.99. The van der Waals surface area contributed by atoms with Crippen molar-refractivity contribution in [3.63, 3.8) is 0 Å². The van der Waals surface area contributed by atoms with Gasteiger partial charge in [0.05, 0.1) is 10.9 Å². The summed E-state index contributed by atoms with van der Waals surface area (Å²) in [6, 6.07) is 11.6. The average molecular weight is 312 g/mol. The summed E-state index contributed by atoms with van der Waals surface area (Å²) in [5, 5.41) is 3.32. The minimum atomic E-state index is 0.620. The summed E-state index contributed by atoms with van der Waals surface area (Å²) in [4.78, 5) is 1.23. The van der Waals surface area contributed by atoms with Crippen LogP contribution in [0, 0.1) is 0 Å². The Morgan fingerprint density at radius 3 is 2.65 bits per heavy atom. The summed E-state index contributed by atoms with van der Waals surface area (Å²) in [6.07, 6.45) is 0. The SMILES string of the molecule is CCOc1cccc(OCCNCc2ccc(Cl)s2)c1. The minimum absolute atomic E-state index is 0.620. The van der Waals surface area contributed by atoms with E-state index < -0.39 is 0 Å². The Balaban J connectivity index is 1.66. The number of rotatable bonds is 8. The van der Waals surface area contributed by atoms with Gasteiger partial charge in [0, 0.05) is 24.0 Å². The molecule has 3 nitrogen and oxygen atoms in total. The van der Waals surface area contributed by atoms with Gasteiger partial charge in [-0.05, 0) is 31.2 Å². The molecule has 0 unspecified atom stereocenters. The van der Waals surface area contributed by atoms with Gasteiger partial charge in [0.2, 0.25) is 0 Å². The molecule has 1 aromatic carbocycles. The van der Waals surface area contributed by atoms with Gasteiger partial charge in [-0.25, -0.2) is 0 Å². The van der Waals surface area contributed by atoms with E-state index in [1.54, 1.807) is 11.3 Å². The van der Waals surface area contributed by atoms with Crippen LogP contribution in [-0.4, -0.2) is 19.8 Å². The van der Waals surface area contributed by atoms with E-state index in [1.165, 1.54) is 4.88 Å². The molecular weight excluding hydrogens is 294 g/mol. The van der Waals surface area contributed by atoms with Crippen LogP contribution in [0.4, 0.5) is 0 Å². The molecule has 2 aromatic rings. The van der Waals surface area contributed by atoms with E-state index in [9.17, 15) is 0 Å². The molecule has 0 saturated heterocycles. The fraction of sp³-hybridized carbons (Fsp3) is 0.333. The molecule has 0 aliphatic heterocycles. The van der Waals surface area contributed by atoms with Crippen LogP contribution in [-0.2, 0) is 6.54 Å². The Kier molecular flexibility index (Phi) is 6.18. The van der Waals surface area contributed by atoms with Crippen molar-refractivity contribution in [3.05, 3.63) is 45.6 Å². The summed E-state index contributed by atoms with van der Waals surface area (Å²) in [5.74, 6) is 1.67. The van der Waals surface area contributed by atoms with E-state index in [0.717, 1.165) is 28.9 Å². The summed E-state index contributed by atoms with van der Waals surface area (Å²) >= 11 is 7.47. The number of thiophene rings is 1. The smallest absolute Gasteiger partial charge is 0.123 e. The highest BCUT2D eigenvalue weighted by molar-refractivity contribution is 7.16. The second-order valence-electron chi connectivity index (χ2n) is 4.14. The summed E-state index contributed by atoms with van der Waals surface area (Å²) < 4.78 is 11.9. The molecular formula is C15H18ClNO2S. The van der Waals surface area contributed by atoms with Gasteiger partial charge >= 0.3 is 0 Å². The van der Waals surface area contributed by atoms with Crippen LogP contribution < -0.4 is 14.8 Å². The Morgan fingerprint density at radius 2 is 1.95 bits per heavy atom. The van der Waals surface area contributed by atoms with E-state index >= 15 is 0 Å². The number of hydrogen-bond acceptors (Lipinski definition) is 4. The van der Waals surface area contributed by atoms with Gasteiger partial charge in [-0.2, -0.15) is 0 Å². The van der Waals surface area contributed by atoms with E-state index in [-0.39, 0.29) is 0 Å². The van der Waals surface area contributed by atoms with E-state index in [1.807, 2.05) is 43.3 Å². The Hall–Kier alpha value is -1.23. The standard InChI is InChI=1S/C15H18ClNO2S/c1-2-18-12-4-3-5-13(10-12)19-9-8-17-11-14-6-7-15(16)20-14/h3-7,10,17H,2,8-9,11H2,1H3. The van der Waals surface area contributed by atoms with E-state index in [4.69, 9.17) is 21.1 Å². The molecule has 108 valence electrons. The van der Waals surface area contributed by atoms with E-state index in [2.05, 4.69) is 5.32 Å². The maximum absolute atomic E-state index is 5.88. The first-order valence-corrected chi connectivity index (χ1v) is 7.78. The molecule has 1 aromatic heterocycles. The Morgan fingerprint density at radius 1 is 1.15 bits per heavy atom. The highest BCUT2D eigenvalue weighted by Crippen LogP contribution is 2.21. The second-order valence-corrected chi connectivity index (χ2v) is 5.94. The maximum atomic E-state index is 5.88. The zero-order valence-electron chi connectivity index (χ0n) is 11.4. The molecule has 5 heteroatoms. The topological polar surface area (TPSA) is 30.5 Å². The van der Waals surface area contributed by atoms with Gasteiger partial charge in [0.25, 0.3) is 0 Å². The van der Waals surface area contributed by atoms with Crippen LogP contribution in [0.5, 0.6) is 11.5 Å². The normalized spacial score (nSPS) is 10.5. The number of halogens is 1. The molecule has 1 N–H and O–H groups in total. The molecule has 0 saturated carbocycles. The van der Waals surface area contributed by atoms with Crippen LogP contribution in [0.2, 0.25) is 4.34 Å². The van der Waals surface area contributed by atoms with Crippen LogP contribution in [0.25, 0.3) is 0 Å². The lowest BCUT2D eigenvalue weighted by Crippen LogP contribution is -2.20. The zero-order chi connectivity index (χ0) is 14.2. The zero-order valence-corrected chi connectivity index (χ0v) is 13.0. The van der Waals surface area contributed by atoms with Crippen LogP contribution in [0.1, 0.15) is 11.8 Å². The van der Waals surface area contributed by atoms with Crippen molar-refractivity contribution in [2.75, 3.05) is 19.8 Å². The minimum Gasteiger partial charge on any atom is -0.494 e. The largest absolute Gasteiger partial charge is 0.494 e. The van der Waals surface area contributed by atoms with Crippen molar-refractivity contribution < 1.29 is 9.47 Å². The molecule has 20 heavy (non-hydrogen) atoms. The lowest BCUT2D eigenvalue weighted by Gasteiger charge is -2.09. The molecule has 2 rings (SSSR count). The Labute approximate surface area is 128 Å². The number of ether oxygens (including phenoxy) is 2. The summed E-state index contributed by atoms with van der Waals surface area (Å²) in [6.45, 7) is 4.85. The third kappa shape index (κ3) is 5.04. The molecule has 0 spiro atoms. The molecule has 0 aliphatic carbocycles. The van der Waals surface area contributed by atoms with Crippen molar-refractivity contribution in [1.82, 2.24) is 5.32 Å². The number of benzene rings is 1. The number of hydrogen-bond donors (Lipinski definition) is 1. The molecule has 1 heterocycles. The third-order valence-electron chi connectivity index (χ3n) is 2.59. The van der Waals surface area contributed by atoms with Gasteiger partial charge in [-0.3, -0.25) is 0 Å². The summed E-state index contributed by atoms with van der Waals surface area (Å²) in [7, 11) is 0. The molecule has 0 amide bonds. The van der Waals surface area contributed by atoms with Crippen molar-refractivity contribution in [2.45, 2.75) is 13.5 Å². The van der Waals surface area contributed by atoms with Crippen LogP contribution >= 0.6 is 22.9 Å². The van der Waals surface area contributed by atoms with Crippen LogP contribution in [0.3, 0.4) is 0 Å². The lowest BCUT2D eigenvalue weighted by atomic mass is 10.3. The van der Waals surface area contributed by atoms with Crippen LogP contribution in [0.15, 0.2) is 36.4 Å². The van der Waals surface area contributed by atoms with Gasteiger partial charge in [-0.15, -0.1) is 11.3 Å². The predicted molar refractivity (Wildman–Crippen MR) is 84.1 cm³/mol.